The van der Waals surface area contributed by atoms with E-state index < -0.39 is 46.9 Å². The minimum Gasteiger partial charge on any atom is -0.494 e. The molecular weight excluding hydrogens is 601 g/mol. The molecule has 3 unspecified atom stereocenters. The van der Waals surface area contributed by atoms with Gasteiger partial charge in [-0.1, -0.05) is 67.6 Å². The maximum absolute atomic E-state index is 14.9. The number of amides is 1. The molecule has 3 atom stereocenters. The number of hydrogen-bond acceptors (Lipinski definition) is 6. The summed E-state index contributed by atoms with van der Waals surface area (Å²) in [5.74, 6) is 0.134. The van der Waals surface area contributed by atoms with Gasteiger partial charge in [0.15, 0.2) is 0 Å². The third kappa shape index (κ3) is 9.94. The molecule has 0 bridgehead atoms. The number of alkyl halides is 2. The van der Waals surface area contributed by atoms with Gasteiger partial charge < -0.3 is 19.5 Å². The number of halogens is 2. The fourth-order valence-corrected chi connectivity index (χ4v) is 6.40. The molecule has 1 amide bonds. The third-order valence-corrected chi connectivity index (χ3v) is 9.64. The van der Waals surface area contributed by atoms with Gasteiger partial charge in [-0.3, -0.25) is 9.36 Å². The summed E-state index contributed by atoms with van der Waals surface area (Å²) >= 11 is 0. The van der Waals surface area contributed by atoms with Crippen molar-refractivity contribution in [1.82, 2.24) is 10.0 Å². The number of carbonyl (C=O) groups is 1. The number of nitrogens with one attached hydrogen (secondary N) is 2. The van der Waals surface area contributed by atoms with Crippen molar-refractivity contribution in [2.24, 2.45) is 0 Å². The Hall–Kier alpha value is -3.15. The van der Waals surface area contributed by atoms with Crippen molar-refractivity contribution >= 4 is 23.5 Å². The van der Waals surface area contributed by atoms with E-state index in [2.05, 4.69) is 10.0 Å². The minimum atomic E-state index is -5.35. The maximum Gasteiger partial charge on any atom is 0.402 e. The molecule has 0 heterocycles. The molecule has 43 heavy (non-hydrogen) atoms. The summed E-state index contributed by atoms with van der Waals surface area (Å²) in [6.07, 6.45) is 0.459. The van der Waals surface area contributed by atoms with Crippen molar-refractivity contribution in [2.45, 2.75) is 62.2 Å². The zero-order valence-corrected chi connectivity index (χ0v) is 25.7. The lowest BCUT2D eigenvalue weighted by atomic mass is 10.0. The number of sulfonamides is 1. The van der Waals surface area contributed by atoms with Crippen LogP contribution < -0.4 is 14.8 Å². The summed E-state index contributed by atoms with van der Waals surface area (Å²) in [7, 11) is -9.44. The minimum absolute atomic E-state index is 0.0409. The maximum atomic E-state index is 14.9. The lowest BCUT2D eigenvalue weighted by molar-refractivity contribution is -0.122. The lowest BCUT2D eigenvalue weighted by Gasteiger charge is -2.25. The largest absolute Gasteiger partial charge is 0.494 e. The molecule has 0 aliphatic heterocycles. The Labute approximate surface area is 251 Å². The average Bonchev–Trinajstić information content (AvgIpc) is 2.99. The summed E-state index contributed by atoms with van der Waals surface area (Å²) in [6, 6.07) is 20.0. The van der Waals surface area contributed by atoms with Gasteiger partial charge in [-0.2, -0.15) is 13.5 Å². The topological polar surface area (TPSA) is 131 Å². The van der Waals surface area contributed by atoms with Crippen LogP contribution in [0.1, 0.15) is 44.2 Å². The summed E-state index contributed by atoms with van der Waals surface area (Å²) in [6.45, 7) is 3.75. The molecular formula is C30H37F2N2O7PS. The number of ether oxygens (including phenoxy) is 1. The normalized spacial score (nSPS) is 14.8. The van der Waals surface area contributed by atoms with Gasteiger partial charge in [0.1, 0.15) is 11.8 Å². The molecule has 0 spiro atoms. The highest BCUT2D eigenvalue weighted by molar-refractivity contribution is 7.89. The molecule has 13 heteroatoms. The smallest absolute Gasteiger partial charge is 0.402 e. The standard InChI is InChI=1S/C30H37F2N2O7PS/c1-3-23(2)41-42(36,37)30(31,32)25-18-16-24(17-19-25)22-28(34-43(38,39)27-14-8-5-9-15-27)29(35)33-20-10-11-21-40-26-12-6-4-7-13-26/h4-9,12-19,23,28,34H,3,10-11,20-22H2,1-2H3,(H,33,35)(H,36,37). The van der Waals surface area contributed by atoms with Crippen LogP contribution in [-0.2, 0) is 36.0 Å². The Morgan fingerprint density at radius 2 is 1.58 bits per heavy atom. The molecule has 0 aromatic heterocycles. The van der Waals surface area contributed by atoms with E-state index in [0.717, 1.165) is 17.9 Å². The van der Waals surface area contributed by atoms with Crippen LogP contribution in [0.15, 0.2) is 89.8 Å². The van der Waals surface area contributed by atoms with Gasteiger partial charge in [0.25, 0.3) is 0 Å². The molecule has 234 valence electrons. The lowest BCUT2D eigenvalue weighted by Crippen LogP contribution is -2.48. The van der Waals surface area contributed by atoms with Crippen molar-refractivity contribution in [1.29, 1.82) is 0 Å². The molecule has 0 aliphatic carbocycles. The molecule has 0 radical (unpaired) electrons. The summed E-state index contributed by atoms with van der Waals surface area (Å²) in [4.78, 5) is 23.0. The van der Waals surface area contributed by atoms with Crippen LogP contribution >= 0.6 is 7.60 Å². The number of carbonyl (C=O) groups excluding carboxylic acids is 1. The SMILES string of the molecule is CCC(C)OP(=O)(O)C(F)(F)c1ccc(CC(NS(=O)(=O)c2ccccc2)C(=O)NCCCCOc2ccccc2)cc1. The van der Waals surface area contributed by atoms with Gasteiger partial charge in [0.05, 0.1) is 17.6 Å². The van der Waals surface area contributed by atoms with Gasteiger partial charge in [-0.05, 0) is 62.4 Å². The van der Waals surface area contributed by atoms with Crippen LogP contribution in [0.5, 0.6) is 5.75 Å². The first-order valence-electron chi connectivity index (χ1n) is 13.9. The van der Waals surface area contributed by atoms with Crippen LogP contribution in [0.25, 0.3) is 0 Å². The van der Waals surface area contributed by atoms with E-state index in [-0.39, 0.29) is 24.3 Å². The molecule has 9 nitrogen and oxygen atoms in total. The van der Waals surface area contributed by atoms with Crippen LogP contribution in [-0.4, -0.2) is 44.5 Å². The van der Waals surface area contributed by atoms with Crippen LogP contribution in [0.4, 0.5) is 8.78 Å². The fourth-order valence-electron chi connectivity index (χ4n) is 3.94. The van der Waals surface area contributed by atoms with Gasteiger partial charge >= 0.3 is 13.3 Å². The number of unbranched alkanes of at least 4 members (excludes halogenated alkanes) is 1. The zero-order chi connectivity index (χ0) is 31.5. The molecule has 3 aromatic rings. The van der Waals surface area contributed by atoms with E-state index in [1.54, 1.807) is 25.1 Å². The Morgan fingerprint density at radius 3 is 2.19 bits per heavy atom. The Morgan fingerprint density at radius 1 is 0.977 bits per heavy atom. The molecule has 0 fully saturated rings. The summed E-state index contributed by atoms with van der Waals surface area (Å²) in [5, 5.41) is 2.73. The third-order valence-electron chi connectivity index (χ3n) is 6.54. The van der Waals surface area contributed by atoms with E-state index >= 15 is 0 Å². The van der Waals surface area contributed by atoms with Crippen molar-refractivity contribution in [2.75, 3.05) is 13.2 Å². The second-order valence-electron chi connectivity index (χ2n) is 9.93. The molecule has 3 N–H and O–H groups in total. The Kier molecular flexibility index (Phi) is 12.4. The van der Waals surface area contributed by atoms with Crippen molar-refractivity contribution < 1.29 is 40.7 Å². The van der Waals surface area contributed by atoms with Crippen molar-refractivity contribution in [3.63, 3.8) is 0 Å². The van der Waals surface area contributed by atoms with Gasteiger partial charge in [0.2, 0.25) is 15.9 Å². The van der Waals surface area contributed by atoms with Crippen molar-refractivity contribution in [3.8, 4) is 5.75 Å². The second kappa shape index (κ2) is 15.5. The van der Waals surface area contributed by atoms with Crippen LogP contribution in [0.3, 0.4) is 0 Å². The monoisotopic (exact) mass is 638 g/mol. The Bertz CT molecular complexity index is 1460. The van der Waals surface area contributed by atoms with Gasteiger partial charge in [0, 0.05) is 12.1 Å². The molecule has 0 aliphatic rings. The highest BCUT2D eigenvalue weighted by Gasteiger charge is 2.53. The average molecular weight is 639 g/mol. The van der Waals surface area contributed by atoms with Crippen molar-refractivity contribution in [3.05, 3.63) is 96.1 Å². The first-order chi connectivity index (χ1) is 20.4. The predicted octanol–water partition coefficient (Wildman–Crippen LogP) is 5.60. The van der Waals surface area contributed by atoms with Crippen LogP contribution in [0.2, 0.25) is 0 Å². The quantitative estimate of drug-likeness (QED) is 0.130. The molecule has 3 rings (SSSR count). The van der Waals surface area contributed by atoms with E-state index in [1.165, 1.54) is 31.2 Å². The highest BCUT2D eigenvalue weighted by Crippen LogP contribution is 2.63. The van der Waals surface area contributed by atoms with Crippen LogP contribution in [0, 0.1) is 0 Å². The highest BCUT2D eigenvalue weighted by atomic mass is 32.2. The first-order valence-corrected chi connectivity index (χ1v) is 16.9. The van der Waals surface area contributed by atoms with Gasteiger partial charge in [-0.15, -0.1) is 0 Å². The number of rotatable bonds is 17. The van der Waals surface area contributed by atoms with E-state index in [1.807, 2.05) is 30.3 Å². The Balaban J connectivity index is 1.69. The van der Waals surface area contributed by atoms with E-state index in [9.17, 15) is 31.5 Å². The predicted molar refractivity (Wildman–Crippen MR) is 159 cm³/mol. The number of benzene rings is 3. The molecule has 0 saturated heterocycles. The molecule has 0 saturated carbocycles. The number of para-hydroxylation sites is 1. The van der Waals surface area contributed by atoms with Gasteiger partial charge in [-0.25, -0.2) is 8.42 Å². The molecule has 3 aromatic carbocycles. The van der Waals surface area contributed by atoms with E-state index in [0.29, 0.717) is 25.0 Å². The fraction of sp³-hybridized carbons (Fsp3) is 0.367. The first kappa shape index (κ1) is 34.3. The second-order valence-corrected chi connectivity index (χ2v) is 13.5. The zero-order valence-electron chi connectivity index (χ0n) is 24.0. The van der Waals surface area contributed by atoms with E-state index in [4.69, 9.17) is 9.26 Å². The summed E-state index contributed by atoms with van der Waals surface area (Å²) < 4.78 is 80.9. The summed E-state index contributed by atoms with van der Waals surface area (Å²) in [5.41, 5.74) is -4.57. The number of hydrogen-bond donors (Lipinski definition) is 3.